The lowest BCUT2D eigenvalue weighted by molar-refractivity contribution is 0.102. The minimum absolute atomic E-state index is 0.228. The van der Waals surface area contributed by atoms with E-state index in [4.69, 9.17) is 16.3 Å². The molecule has 0 aliphatic carbocycles. The maximum atomic E-state index is 12.1. The van der Waals surface area contributed by atoms with Crippen LogP contribution in [0, 0.1) is 0 Å². The maximum absolute atomic E-state index is 12.1. The highest BCUT2D eigenvalue weighted by molar-refractivity contribution is 9.10. The van der Waals surface area contributed by atoms with Gasteiger partial charge in [-0.3, -0.25) is 4.79 Å². The Morgan fingerprint density at radius 2 is 2.20 bits per heavy atom. The number of carbonyl (C=O) groups is 1. The van der Waals surface area contributed by atoms with Crippen molar-refractivity contribution in [3.8, 4) is 5.88 Å². The number of anilines is 1. The van der Waals surface area contributed by atoms with Crippen molar-refractivity contribution < 1.29 is 9.53 Å². The quantitative estimate of drug-likeness (QED) is 0.896. The Labute approximate surface area is 130 Å². The zero-order valence-corrected chi connectivity index (χ0v) is 13.0. The predicted molar refractivity (Wildman–Crippen MR) is 82.5 cm³/mol. The second-order valence-electron chi connectivity index (χ2n) is 3.90. The number of nitrogens with one attached hydrogen (secondary N) is 1. The molecule has 104 valence electrons. The first-order valence-corrected chi connectivity index (χ1v) is 7.12. The molecule has 6 heteroatoms. The molecule has 0 atom stereocenters. The van der Waals surface area contributed by atoms with E-state index in [9.17, 15) is 4.79 Å². The van der Waals surface area contributed by atoms with Crippen LogP contribution in [0.25, 0.3) is 0 Å². The van der Waals surface area contributed by atoms with Crippen LogP contribution in [-0.4, -0.2) is 17.5 Å². The first kappa shape index (κ1) is 14.8. The van der Waals surface area contributed by atoms with E-state index in [0.717, 1.165) is 0 Å². The molecule has 1 N–H and O–H groups in total. The van der Waals surface area contributed by atoms with Crippen molar-refractivity contribution in [2.45, 2.75) is 6.92 Å². The van der Waals surface area contributed by atoms with Gasteiger partial charge < -0.3 is 10.1 Å². The summed E-state index contributed by atoms with van der Waals surface area (Å²) >= 11 is 9.18. The molecule has 0 unspecified atom stereocenters. The Hall–Kier alpha value is -1.59. The highest BCUT2D eigenvalue weighted by atomic mass is 79.9. The van der Waals surface area contributed by atoms with Crippen molar-refractivity contribution in [1.29, 1.82) is 0 Å². The van der Waals surface area contributed by atoms with Crippen molar-refractivity contribution in [3.05, 3.63) is 51.6 Å². The van der Waals surface area contributed by atoms with E-state index in [1.165, 1.54) is 0 Å². The van der Waals surface area contributed by atoms with Crippen LogP contribution in [-0.2, 0) is 0 Å². The fraction of sp³-hybridized carbons (Fsp3) is 0.143. The average Bonchev–Trinajstić information content (AvgIpc) is 2.44. The molecule has 1 heterocycles. The third-order valence-corrected chi connectivity index (χ3v) is 3.68. The monoisotopic (exact) mass is 354 g/mol. The number of rotatable bonds is 4. The number of aromatic nitrogens is 1. The van der Waals surface area contributed by atoms with E-state index in [-0.39, 0.29) is 5.91 Å². The number of halogens is 2. The summed E-state index contributed by atoms with van der Waals surface area (Å²) in [6, 6.07) is 8.43. The minimum Gasteiger partial charge on any atom is -0.478 e. The lowest BCUT2D eigenvalue weighted by Gasteiger charge is -2.07. The van der Waals surface area contributed by atoms with E-state index in [1.54, 1.807) is 36.5 Å². The van der Waals surface area contributed by atoms with Gasteiger partial charge in [-0.25, -0.2) is 4.98 Å². The molecule has 0 bridgehead atoms. The third-order valence-electron chi connectivity index (χ3n) is 2.47. The largest absolute Gasteiger partial charge is 0.478 e. The number of ether oxygens (including phenoxy) is 1. The molecule has 20 heavy (non-hydrogen) atoms. The number of nitrogens with zero attached hydrogens (tertiary/aromatic N) is 1. The molecule has 2 rings (SSSR count). The zero-order valence-electron chi connectivity index (χ0n) is 10.7. The molecule has 0 saturated carbocycles. The molecule has 0 fully saturated rings. The van der Waals surface area contributed by atoms with Gasteiger partial charge in [0.1, 0.15) is 0 Å². The van der Waals surface area contributed by atoms with Gasteiger partial charge in [-0.05, 0) is 47.1 Å². The summed E-state index contributed by atoms with van der Waals surface area (Å²) < 4.78 is 5.91. The molecule has 1 aromatic carbocycles. The molecule has 0 spiro atoms. The lowest BCUT2D eigenvalue weighted by atomic mass is 10.2. The first-order valence-electron chi connectivity index (χ1n) is 5.95. The van der Waals surface area contributed by atoms with Gasteiger partial charge in [-0.2, -0.15) is 0 Å². The number of carbonyl (C=O) groups excluding carboxylic acids is 1. The Morgan fingerprint density at radius 3 is 2.80 bits per heavy atom. The molecule has 1 aromatic heterocycles. The van der Waals surface area contributed by atoms with Crippen LogP contribution in [0.4, 0.5) is 5.69 Å². The van der Waals surface area contributed by atoms with E-state index in [2.05, 4.69) is 26.2 Å². The Bertz CT molecular complexity index is 617. The van der Waals surface area contributed by atoms with Crippen molar-refractivity contribution in [3.63, 3.8) is 0 Å². The molecule has 0 radical (unpaired) electrons. The number of amides is 1. The van der Waals surface area contributed by atoms with Crippen LogP contribution in [0.2, 0.25) is 5.02 Å². The van der Waals surface area contributed by atoms with Crippen molar-refractivity contribution >= 4 is 39.1 Å². The predicted octanol–water partition coefficient (Wildman–Crippen LogP) is 4.15. The molecule has 0 aliphatic rings. The third kappa shape index (κ3) is 3.71. The van der Waals surface area contributed by atoms with Gasteiger partial charge in [0.2, 0.25) is 5.88 Å². The second-order valence-corrected chi connectivity index (χ2v) is 5.16. The fourth-order valence-electron chi connectivity index (χ4n) is 1.53. The Morgan fingerprint density at radius 1 is 1.40 bits per heavy atom. The van der Waals surface area contributed by atoms with Gasteiger partial charge in [0.15, 0.2) is 0 Å². The van der Waals surface area contributed by atoms with Crippen LogP contribution >= 0.6 is 27.5 Å². The van der Waals surface area contributed by atoms with Gasteiger partial charge in [-0.1, -0.05) is 11.6 Å². The first-order chi connectivity index (χ1) is 9.60. The molecule has 1 amide bonds. The summed E-state index contributed by atoms with van der Waals surface area (Å²) in [5.74, 6) is 0.299. The number of hydrogen-bond donors (Lipinski definition) is 1. The summed E-state index contributed by atoms with van der Waals surface area (Å²) in [7, 11) is 0. The standard InChI is InChI=1S/C14H12BrClN2O2/c1-2-20-13-6-4-10(8-17-13)18-14(19)9-3-5-12(16)11(15)7-9/h3-8H,2H2,1H3,(H,18,19). The van der Waals surface area contributed by atoms with Crippen LogP contribution in [0.1, 0.15) is 17.3 Å². The van der Waals surface area contributed by atoms with Crippen molar-refractivity contribution in [1.82, 2.24) is 4.98 Å². The number of pyridine rings is 1. The topological polar surface area (TPSA) is 51.2 Å². The highest BCUT2D eigenvalue weighted by Crippen LogP contribution is 2.23. The smallest absolute Gasteiger partial charge is 0.255 e. The molecular weight excluding hydrogens is 344 g/mol. The van der Waals surface area contributed by atoms with E-state index < -0.39 is 0 Å². The van der Waals surface area contributed by atoms with Gasteiger partial charge >= 0.3 is 0 Å². The summed E-state index contributed by atoms with van der Waals surface area (Å²) in [5, 5.41) is 3.31. The molecule has 0 aliphatic heterocycles. The van der Waals surface area contributed by atoms with E-state index >= 15 is 0 Å². The maximum Gasteiger partial charge on any atom is 0.255 e. The van der Waals surface area contributed by atoms with Crippen LogP contribution in [0.5, 0.6) is 5.88 Å². The zero-order chi connectivity index (χ0) is 14.5. The van der Waals surface area contributed by atoms with Crippen LogP contribution in [0.15, 0.2) is 41.0 Å². The summed E-state index contributed by atoms with van der Waals surface area (Å²) in [5.41, 5.74) is 1.11. The summed E-state index contributed by atoms with van der Waals surface area (Å²) in [6.07, 6.45) is 1.55. The summed E-state index contributed by atoms with van der Waals surface area (Å²) in [4.78, 5) is 16.1. The molecule has 0 saturated heterocycles. The molecular formula is C14H12BrClN2O2. The van der Waals surface area contributed by atoms with Crippen molar-refractivity contribution in [2.75, 3.05) is 11.9 Å². The van der Waals surface area contributed by atoms with Crippen LogP contribution in [0.3, 0.4) is 0 Å². The lowest BCUT2D eigenvalue weighted by Crippen LogP contribution is -2.12. The van der Waals surface area contributed by atoms with Gasteiger partial charge in [0, 0.05) is 16.1 Å². The number of hydrogen-bond acceptors (Lipinski definition) is 3. The van der Waals surface area contributed by atoms with Gasteiger partial charge in [-0.15, -0.1) is 0 Å². The molecule has 2 aromatic rings. The summed E-state index contributed by atoms with van der Waals surface area (Å²) in [6.45, 7) is 2.44. The highest BCUT2D eigenvalue weighted by Gasteiger charge is 2.08. The Balaban J connectivity index is 2.08. The van der Waals surface area contributed by atoms with Gasteiger partial charge in [0.05, 0.1) is 23.5 Å². The minimum atomic E-state index is -0.228. The van der Waals surface area contributed by atoms with Crippen LogP contribution < -0.4 is 10.1 Å². The average molecular weight is 356 g/mol. The molecule has 4 nitrogen and oxygen atoms in total. The van der Waals surface area contributed by atoms with Gasteiger partial charge in [0.25, 0.3) is 5.91 Å². The normalized spacial score (nSPS) is 10.2. The second kappa shape index (κ2) is 6.72. The number of benzene rings is 1. The SMILES string of the molecule is CCOc1ccc(NC(=O)c2ccc(Cl)c(Br)c2)cn1. The fourth-order valence-corrected chi connectivity index (χ4v) is 2.02. The van der Waals surface area contributed by atoms with Crippen molar-refractivity contribution in [2.24, 2.45) is 0 Å². The van der Waals surface area contributed by atoms with E-state index in [1.807, 2.05) is 6.92 Å². The Kier molecular flexibility index (Phi) is 4.98. The van der Waals surface area contributed by atoms with E-state index in [0.29, 0.717) is 33.2 Å².